The van der Waals surface area contributed by atoms with Gasteiger partial charge in [0.15, 0.2) is 0 Å². The number of fused-ring (bicyclic) bond motifs is 2. The molecule has 4 rings (SSSR count). The van der Waals surface area contributed by atoms with E-state index in [4.69, 9.17) is 0 Å². The third kappa shape index (κ3) is 3.22. The number of rotatable bonds is 3. The van der Waals surface area contributed by atoms with Crippen LogP contribution in [0, 0.1) is 0 Å². The predicted molar refractivity (Wildman–Crippen MR) is 111 cm³/mol. The fourth-order valence-electron chi connectivity index (χ4n) is 2.77. The molecule has 4 aromatic rings. The van der Waals surface area contributed by atoms with Crippen LogP contribution in [0.25, 0.3) is 21.1 Å². The van der Waals surface area contributed by atoms with Crippen molar-refractivity contribution in [3.63, 3.8) is 0 Å². The lowest BCUT2D eigenvalue weighted by atomic mass is 10.2. The van der Waals surface area contributed by atoms with Crippen molar-refractivity contribution in [2.45, 2.75) is 0 Å². The second-order valence-electron chi connectivity index (χ2n) is 6.19. The van der Waals surface area contributed by atoms with E-state index in [9.17, 15) is 4.57 Å². The van der Waals surface area contributed by atoms with Crippen molar-refractivity contribution in [3.05, 3.63) is 52.6 Å². The van der Waals surface area contributed by atoms with Gasteiger partial charge in [-0.05, 0) is 65.7 Å². The van der Waals surface area contributed by atoms with Crippen molar-refractivity contribution < 1.29 is 4.57 Å². The second kappa shape index (κ2) is 6.20. The normalized spacial score (nSPS) is 12.0. The molecule has 126 valence electrons. The fraction of sp³-hybridized carbons (Fsp3) is 0.111. The maximum absolute atomic E-state index is 12.6. The van der Waals surface area contributed by atoms with E-state index in [0.717, 1.165) is 42.3 Å². The molecule has 0 saturated carbocycles. The number of hydrogen-bond acceptors (Lipinski definition) is 5. The number of nitrogens with zero attached hydrogens (tertiary/aromatic N) is 2. The Kier molecular flexibility index (Phi) is 4.14. The molecule has 0 saturated heterocycles. The van der Waals surface area contributed by atoms with Crippen molar-refractivity contribution in [1.29, 1.82) is 0 Å². The van der Waals surface area contributed by atoms with Crippen LogP contribution in [0.3, 0.4) is 0 Å². The lowest BCUT2D eigenvalue weighted by Crippen LogP contribution is -2.06. The molecule has 0 unspecified atom stereocenters. The Morgan fingerprint density at radius 2 is 1.92 bits per heavy atom. The fourth-order valence-corrected chi connectivity index (χ4v) is 6.06. The van der Waals surface area contributed by atoms with E-state index in [1.54, 1.807) is 30.9 Å². The highest BCUT2D eigenvalue weighted by Crippen LogP contribution is 2.40. The first-order valence-corrected chi connectivity index (χ1v) is 11.9. The number of halogens is 1. The van der Waals surface area contributed by atoms with Gasteiger partial charge < -0.3 is 9.88 Å². The molecule has 0 fully saturated rings. The quantitative estimate of drug-likeness (QED) is 0.429. The maximum Gasteiger partial charge on any atom is 0.110 e. The Bertz CT molecular complexity index is 1150. The van der Waals surface area contributed by atoms with Gasteiger partial charge in [-0.15, -0.1) is 11.3 Å². The van der Waals surface area contributed by atoms with Gasteiger partial charge in [-0.25, -0.2) is 4.98 Å². The van der Waals surface area contributed by atoms with Crippen LogP contribution in [-0.4, -0.2) is 23.3 Å². The minimum absolute atomic E-state index is 0.825. The van der Waals surface area contributed by atoms with Crippen LogP contribution in [0.15, 0.2) is 52.6 Å². The molecular formula is C18H15BrN3OPS. The first-order chi connectivity index (χ1) is 11.9. The monoisotopic (exact) mass is 431 g/mol. The Morgan fingerprint density at radius 3 is 2.72 bits per heavy atom. The highest BCUT2D eigenvalue weighted by atomic mass is 79.9. The average molecular weight is 432 g/mol. The molecule has 0 bridgehead atoms. The third-order valence-electron chi connectivity index (χ3n) is 4.00. The molecule has 2 heterocycles. The molecular weight excluding hydrogens is 417 g/mol. The minimum atomic E-state index is -2.40. The van der Waals surface area contributed by atoms with Crippen molar-refractivity contribution in [2.75, 3.05) is 18.6 Å². The van der Waals surface area contributed by atoms with Crippen molar-refractivity contribution in [1.82, 2.24) is 9.97 Å². The van der Waals surface area contributed by atoms with Crippen LogP contribution >= 0.6 is 34.4 Å². The third-order valence-corrected chi connectivity index (χ3v) is 7.30. The van der Waals surface area contributed by atoms with E-state index in [0.29, 0.717) is 0 Å². The SMILES string of the molecule is CP(C)(=O)c1cc2c(Nc3ccc4scnc4c3)ccnc2cc1Br. The number of thiazole rings is 1. The summed E-state index contributed by atoms with van der Waals surface area (Å²) in [5, 5.41) is 5.22. The highest BCUT2D eigenvalue weighted by Gasteiger charge is 2.17. The molecule has 4 nitrogen and oxygen atoms in total. The number of pyridine rings is 1. The zero-order chi connectivity index (χ0) is 17.6. The van der Waals surface area contributed by atoms with Crippen molar-refractivity contribution in [3.8, 4) is 0 Å². The Labute approximate surface area is 157 Å². The van der Waals surface area contributed by atoms with Gasteiger partial charge in [0, 0.05) is 32.7 Å². The summed E-state index contributed by atoms with van der Waals surface area (Å²) in [6.07, 6.45) is 1.77. The molecule has 2 aromatic heterocycles. The maximum atomic E-state index is 12.6. The van der Waals surface area contributed by atoms with E-state index >= 15 is 0 Å². The highest BCUT2D eigenvalue weighted by molar-refractivity contribution is 9.10. The summed E-state index contributed by atoms with van der Waals surface area (Å²) in [7, 11) is -2.40. The van der Waals surface area contributed by atoms with Gasteiger partial charge in [-0.3, -0.25) is 4.98 Å². The summed E-state index contributed by atoms with van der Waals surface area (Å²) in [6, 6.07) is 12.0. The Morgan fingerprint density at radius 1 is 1.08 bits per heavy atom. The number of anilines is 2. The summed E-state index contributed by atoms with van der Waals surface area (Å²) in [5.41, 5.74) is 5.57. The molecule has 0 aliphatic heterocycles. The molecule has 0 aliphatic carbocycles. The van der Waals surface area contributed by atoms with Crippen molar-refractivity contribution >= 4 is 72.2 Å². The number of benzene rings is 2. The molecule has 0 spiro atoms. The zero-order valence-electron chi connectivity index (χ0n) is 13.7. The zero-order valence-corrected chi connectivity index (χ0v) is 17.0. The van der Waals surface area contributed by atoms with E-state index in [-0.39, 0.29) is 0 Å². The molecule has 25 heavy (non-hydrogen) atoms. The van der Waals surface area contributed by atoms with Crippen LogP contribution in [-0.2, 0) is 4.57 Å². The number of hydrogen-bond donors (Lipinski definition) is 1. The number of nitrogens with one attached hydrogen (secondary N) is 1. The first-order valence-electron chi connectivity index (χ1n) is 7.66. The molecule has 0 amide bonds. The van der Waals surface area contributed by atoms with Gasteiger partial charge in [0.05, 0.1) is 21.2 Å². The van der Waals surface area contributed by atoms with Crippen LogP contribution < -0.4 is 10.6 Å². The van der Waals surface area contributed by atoms with E-state index in [1.165, 1.54) is 0 Å². The lowest BCUT2D eigenvalue weighted by molar-refractivity contribution is 0.588. The molecule has 0 atom stereocenters. The Balaban J connectivity index is 1.84. The van der Waals surface area contributed by atoms with E-state index in [1.807, 2.05) is 35.8 Å². The van der Waals surface area contributed by atoms with Crippen LogP contribution in [0.5, 0.6) is 0 Å². The van der Waals surface area contributed by atoms with Gasteiger partial charge in [-0.1, -0.05) is 0 Å². The molecule has 0 radical (unpaired) electrons. The second-order valence-corrected chi connectivity index (χ2v) is 11.1. The van der Waals surface area contributed by atoms with Gasteiger partial charge in [0.2, 0.25) is 0 Å². The first kappa shape index (κ1) is 16.7. The predicted octanol–water partition coefficient (Wildman–Crippen LogP) is 5.60. The van der Waals surface area contributed by atoms with E-state index < -0.39 is 7.14 Å². The summed E-state index contributed by atoms with van der Waals surface area (Å²) in [6.45, 7) is 3.55. The minimum Gasteiger partial charge on any atom is -0.355 e. The van der Waals surface area contributed by atoms with Crippen LogP contribution in [0.1, 0.15) is 0 Å². The lowest BCUT2D eigenvalue weighted by Gasteiger charge is -2.14. The molecule has 1 N–H and O–H groups in total. The van der Waals surface area contributed by atoms with Crippen LogP contribution in [0.2, 0.25) is 0 Å². The van der Waals surface area contributed by atoms with Gasteiger partial charge in [0.1, 0.15) is 7.14 Å². The standard InChI is InChI=1S/C18H15BrN3OPS/c1-24(2,23)17-8-12-14(5-6-20-15(12)9-13(17)19)22-11-3-4-18-16(7-11)21-10-25-18/h3-10H,1-2H3,(H,20,22). The van der Waals surface area contributed by atoms with Gasteiger partial charge >= 0.3 is 0 Å². The van der Waals surface area contributed by atoms with Gasteiger partial charge in [-0.2, -0.15) is 0 Å². The number of aromatic nitrogens is 2. The Hall–Kier alpha value is -1.75. The summed E-state index contributed by atoms with van der Waals surface area (Å²) in [4.78, 5) is 8.80. The molecule has 2 aromatic carbocycles. The summed E-state index contributed by atoms with van der Waals surface area (Å²) >= 11 is 5.15. The summed E-state index contributed by atoms with van der Waals surface area (Å²) < 4.78 is 14.6. The van der Waals surface area contributed by atoms with E-state index in [2.05, 4.69) is 37.3 Å². The topological polar surface area (TPSA) is 54.9 Å². The van der Waals surface area contributed by atoms with Gasteiger partial charge in [0.25, 0.3) is 0 Å². The summed E-state index contributed by atoms with van der Waals surface area (Å²) in [5.74, 6) is 0. The molecule has 0 aliphatic rings. The van der Waals surface area contributed by atoms with Crippen molar-refractivity contribution in [2.24, 2.45) is 0 Å². The average Bonchev–Trinajstić information content (AvgIpc) is 3.01. The smallest absolute Gasteiger partial charge is 0.110 e. The molecule has 7 heteroatoms. The van der Waals surface area contributed by atoms with Crippen LogP contribution in [0.4, 0.5) is 11.4 Å². The largest absolute Gasteiger partial charge is 0.355 e.